The Labute approximate surface area is 140 Å². The fourth-order valence-electron chi connectivity index (χ4n) is 3.55. The highest BCUT2D eigenvalue weighted by Gasteiger charge is 2.30. The van der Waals surface area contributed by atoms with E-state index in [0.717, 1.165) is 31.9 Å². The highest BCUT2D eigenvalue weighted by molar-refractivity contribution is 9.10. The molecule has 1 aliphatic heterocycles. The van der Waals surface area contributed by atoms with Gasteiger partial charge in [-0.2, -0.15) is 11.8 Å². The molecule has 0 saturated heterocycles. The van der Waals surface area contributed by atoms with Crippen molar-refractivity contribution in [3.05, 3.63) is 27.7 Å². The molecule has 116 valence electrons. The first kappa shape index (κ1) is 15.7. The Morgan fingerprint density at radius 1 is 1.29 bits per heavy atom. The van der Waals surface area contributed by atoms with Gasteiger partial charge in [-0.1, -0.05) is 35.2 Å². The molecule has 0 radical (unpaired) electrons. The molecule has 1 saturated carbocycles. The van der Waals surface area contributed by atoms with Crippen LogP contribution < -0.4 is 10.1 Å². The van der Waals surface area contributed by atoms with E-state index in [2.05, 4.69) is 51.4 Å². The van der Waals surface area contributed by atoms with Gasteiger partial charge in [-0.25, -0.2) is 0 Å². The first-order chi connectivity index (χ1) is 10.2. The van der Waals surface area contributed by atoms with Gasteiger partial charge in [0, 0.05) is 34.3 Å². The van der Waals surface area contributed by atoms with Crippen molar-refractivity contribution in [2.75, 3.05) is 19.4 Å². The normalized spacial score (nSPS) is 20.1. The lowest BCUT2D eigenvalue weighted by atomic mass is 9.88. The van der Waals surface area contributed by atoms with E-state index in [1.54, 1.807) is 0 Å². The lowest BCUT2D eigenvalue weighted by Crippen LogP contribution is -2.39. The maximum atomic E-state index is 5.81. The van der Waals surface area contributed by atoms with Gasteiger partial charge in [-0.3, -0.25) is 0 Å². The summed E-state index contributed by atoms with van der Waals surface area (Å²) in [6.45, 7) is 2.84. The van der Waals surface area contributed by atoms with Crippen LogP contribution in [0.25, 0.3) is 0 Å². The number of benzene rings is 1. The second-order valence-electron chi connectivity index (χ2n) is 6.20. The number of ether oxygens (including phenoxy) is 1. The molecule has 0 amide bonds. The average molecular weight is 370 g/mol. The first-order valence-corrected chi connectivity index (χ1v) is 9.94. The molecule has 21 heavy (non-hydrogen) atoms. The molecule has 0 atom stereocenters. The Balaban J connectivity index is 1.63. The fourth-order valence-corrected chi connectivity index (χ4v) is 5.05. The van der Waals surface area contributed by atoms with Gasteiger partial charge in [0.15, 0.2) is 0 Å². The summed E-state index contributed by atoms with van der Waals surface area (Å²) in [5.74, 6) is 1.12. The van der Waals surface area contributed by atoms with Crippen molar-refractivity contribution in [3.8, 4) is 5.75 Å². The predicted octanol–water partition coefficient (Wildman–Crippen LogP) is 4.54. The number of rotatable bonds is 5. The summed E-state index contributed by atoms with van der Waals surface area (Å²) in [5, 5.41) is 3.70. The second kappa shape index (κ2) is 6.93. The maximum Gasteiger partial charge on any atom is 0.127 e. The molecule has 0 spiro atoms. The molecule has 1 N–H and O–H groups in total. The molecule has 1 fully saturated rings. The van der Waals surface area contributed by atoms with E-state index < -0.39 is 0 Å². The SMILES string of the molecule is CSC1(CNCc2cc(Br)cc3c2OCC3)CCCCC1. The Bertz CT molecular complexity index is 500. The van der Waals surface area contributed by atoms with Gasteiger partial charge in [0.25, 0.3) is 0 Å². The van der Waals surface area contributed by atoms with E-state index in [1.807, 2.05) is 0 Å². The molecule has 1 aromatic rings. The molecule has 1 heterocycles. The molecule has 0 unspecified atom stereocenters. The Hall–Kier alpha value is -0.190. The van der Waals surface area contributed by atoms with Crippen LogP contribution >= 0.6 is 27.7 Å². The summed E-state index contributed by atoms with van der Waals surface area (Å²) >= 11 is 5.67. The van der Waals surface area contributed by atoms with E-state index in [9.17, 15) is 0 Å². The van der Waals surface area contributed by atoms with E-state index in [0.29, 0.717) is 4.75 Å². The van der Waals surface area contributed by atoms with Crippen LogP contribution in [-0.4, -0.2) is 24.2 Å². The molecule has 3 rings (SSSR count). The van der Waals surface area contributed by atoms with Gasteiger partial charge < -0.3 is 10.1 Å². The van der Waals surface area contributed by atoms with Gasteiger partial charge >= 0.3 is 0 Å². The van der Waals surface area contributed by atoms with Crippen LogP contribution in [0.3, 0.4) is 0 Å². The van der Waals surface area contributed by atoms with Gasteiger partial charge in [0.2, 0.25) is 0 Å². The number of thioether (sulfide) groups is 1. The van der Waals surface area contributed by atoms with E-state index in [1.165, 1.54) is 47.7 Å². The number of hydrogen-bond acceptors (Lipinski definition) is 3. The van der Waals surface area contributed by atoms with E-state index >= 15 is 0 Å². The zero-order valence-electron chi connectivity index (χ0n) is 12.7. The largest absolute Gasteiger partial charge is 0.493 e. The topological polar surface area (TPSA) is 21.3 Å². The summed E-state index contributed by atoms with van der Waals surface area (Å²) in [5.41, 5.74) is 2.64. The lowest BCUT2D eigenvalue weighted by molar-refractivity contribution is 0.349. The molecular weight excluding hydrogens is 346 g/mol. The van der Waals surface area contributed by atoms with Crippen molar-refractivity contribution < 1.29 is 4.74 Å². The molecule has 2 aliphatic rings. The van der Waals surface area contributed by atoms with Crippen molar-refractivity contribution in [1.29, 1.82) is 0 Å². The smallest absolute Gasteiger partial charge is 0.127 e. The number of nitrogens with one attached hydrogen (secondary N) is 1. The molecule has 1 aliphatic carbocycles. The quantitative estimate of drug-likeness (QED) is 0.822. The summed E-state index contributed by atoms with van der Waals surface area (Å²) in [4.78, 5) is 0. The van der Waals surface area contributed by atoms with Crippen molar-refractivity contribution in [3.63, 3.8) is 0 Å². The molecular formula is C17H24BrNOS. The Morgan fingerprint density at radius 2 is 2.10 bits per heavy atom. The molecule has 4 heteroatoms. The van der Waals surface area contributed by atoms with Gasteiger partial charge in [0.05, 0.1) is 6.61 Å². The van der Waals surface area contributed by atoms with Crippen molar-refractivity contribution in [2.45, 2.75) is 49.8 Å². The van der Waals surface area contributed by atoms with E-state index in [4.69, 9.17) is 4.74 Å². The highest BCUT2D eigenvalue weighted by atomic mass is 79.9. The third kappa shape index (κ3) is 3.59. The zero-order chi connectivity index (χ0) is 14.7. The summed E-state index contributed by atoms with van der Waals surface area (Å²) in [6.07, 6.45) is 10.2. The van der Waals surface area contributed by atoms with Crippen LogP contribution in [0.4, 0.5) is 0 Å². The molecule has 0 bridgehead atoms. The van der Waals surface area contributed by atoms with E-state index in [-0.39, 0.29) is 0 Å². The van der Waals surface area contributed by atoms with Gasteiger partial charge in [-0.15, -0.1) is 0 Å². The van der Waals surface area contributed by atoms with Crippen LogP contribution in [-0.2, 0) is 13.0 Å². The second-order valence-corrected chi connectivity index (χ2v) is 8.39. The number of hydrogen-bond donors (Lipinski definition) is 1. The fraction of sp³-hybridized carbons (Fsp3) is 0.647. The van der Waals surface area contributed by atoms with Crippen molar-refractivity contribution >= 4 is 27.7 Å². The van der Waals surface area contributed by atoms with Gasteiger partial charge in [-0.05, 0) is 36.8 Å². The van der Waals surface area contributed by atoms with Crippen LogP contribution in [0.15, 0.2) is 16.6 Å². The van der Waals surface area contributed by atoms with Crippen LogP contribution in [0.2, 0.25) is 0 Å². The van der Waals surface area contributed by atoms with Crippen LogP contribution in [0.1, 0.15) is 43.2 Å². The standard InChI is InChI=1S/C17H24BrNOS/c1-21-17(6-3-2-4-7-17)12-19-11-14-10-15(18)9-13-5-8-20-16(13)14/h9-10,19H,2-8,11-12H2,1H3. The Morgan fingerprint density at radius 3 is 2.86 bits per heavy atom. The minimum absolute atomic E-state index is 0.453. The third-order valence-electron chi connectivity index (χ3n) is 4.79. The summed E-state index contributed by atoms with van der Waals surface area (Å²) < 4.78 is 7.43. The van der Waals surface area contributed by atoms with Crippen LogP contribution in [0, 0.1) is 0 Å². The van der Waals surface area contributed by atoms with Crippen molar-refractivity contribution in [1.82, 2.24) is 5.32 Å². The maximum absolute atomic E-state index is 5.81. The lowest BCUT2D eigenvalue weighted by Gasteiger charge is -2.36. The summed E-state index contributed by atoms with van der Waals surface area (Å²) in [7, 11) is 0. The van der Waals surface area contributed by atoms with Crippen molar-refractivity contribution in [2.24, 2.45) is 0 Å². The number of fused-ring (bicyclic) bond motifs is 1. The predicted molar refractivity (Wildman–Crippen MR) is 94.4 cm³/mol. The Kier molecular flexibility index (Phi) is 5.18. The van der Waals surface area contributed by atoms with Crippen LogP contribution in [0.5, 0.6) is 5.75 Å². The van der Waals surface area contributed by atoms with Gasteiger partial charge in [0.1, 0.15) is 5.75 Å². The monoisotopic (exact) mass is 369 g/mol. The third-order valence-corrected chi connectivity index (χ3v) is 6.66. The molecule has 2 nitrogen and oxygen atoms in total. The highest BCUT2D eigenvalue weighted by Crippen LogP contribution is 2.38. The molecule has 1 aromatic carbocycles. The first-order valence-electron chi connectivity index (χ1n) is 7.92. The summed E-state index contributed by atoms with van der Waals surface area (Å²) in [6, 6.07) is 4.39. The molecule has 0 aromatic heterocycles. The zero-order valence-corrected chi connectivity index (χ0v) is 15.1. The minimum atomic E-state index is 0.453. The average Bonchev–Trinajstić information content (AvgIpc) is 2.96. The minimum Gasteiger partial charge on any atom is -0.493 e. The number of halogens is 1.